The minimum atomic E-state index is -0.279. The van der Waals surface area contributed by atoms with E-state index in [1.54, 1.807) is 0 Å². The average Bonchev–Trinajstić information content (AvgIpc) is 3.42. The standard InChI is InChI=1S/C26H40N4O5/c1-15(31)34-20-8-3-16-2-7-19-18(6-4-17-5-9-21-26(17,19)35-21)23(16)24(20)29-25(33)28-11-13-30-12-10-27-22(32)14-30/h16-21,23-24H,2-14H2,1H3,(H,27,32)(H2,28,29,33). The first-order valence-corrected chi connectivity index (χ1v) is 13.8. The maximum absolute atomic E-state index is 13.1. The highest BCUT2D eigenvalue weighted by molar-refractivity contribution is 5.78. The van der Waals surface area contributed by atoms with Crippen molar-refractivity contribution in [1.82, 2.24) is 20.9 Å². The van der Waals surface area contributed by atoms with Gasteiger partial charge in [0.2, 0.25) is 5.91 Å². The molecular formula is C26H40N4O5. The van der Waals surface area contributed by atoms with Gasteiger partial charge in [-0.1, -0.05) is 0 Å². The van der Waals surface area contributed by atoms with Gasteiger partial charge in [-0.3, -0.25) is 14.5 Å². The molecule has 4 aliphatic carbocycles. The predicted octanol–water partition coefficient (Wildman–Crippen LogP) is 1.41. The molecule has 0 aromatic carbocycles. The first kappa shape index (κ1) is 23.5. The summed E-state index contributed by atoms with van der Waals surface area (Å²) in [5.41, 5.74) is 0.107. The van der Waals surface area contributed by atoms with E-state index < -0.39 is 0 Å². The van der Waals surface area contributed by atoms with E-state index in [0.29, 0.717) is 61.9 Å². The fourth-order valence-electron chi connectivity index (χ4n) is 8.85. The Labute approximate surface area is 207 Å². The molecule has 2 heterocycles. The summed E-state index contributed by atoms with van der Waals surface area (Å²) in [6.07, 6.45) is 9.39. The van der Waals surface area contributed by atoms with Crippen molar-refractivity contribution < 1.29 is 23.9 Å². The van der Waals surface area contributed by atoms with Crippen molar-refractivity contribution in [3.63, 3.8) is 0 Å². The fourth-order valence-corrected chi connectivity index (χ4v) is 8.85. The summed E-state index contributed by atoms with van der Waals surface area (Å²) in [4.78, 5) is 38.7. The average molecular weight is 489 g/mol. The molecule has 0 aromatic rings. The molecule has 0 aromatic heterocycles. The molecule has 2 saturated heterocycles. The number of hydrogen-bond acceptors (Lipinski definition) is 6. The van der Waals surface area contributed by atoms with Gasteiger partial charge in [0.15, 0.2) is 0 Å². The third kappa shape index (κ3) is 4.22. The van der Waals surface area contributed by atoms with Crippen LogP contribution in [0.5, 0.6) is 0 Å². The van der Waals surface area contributed by atoms with Gasteiger partial charge in [0.05, 0.1) is 18.7 Å². The summed E-state index contributed by atoms with van der Waals surface area (Å²) in [7, 11) is 0. The van der Waals surface area contributed by atoms with Gasteiger partial charge >= 0.3 is 12.0 Å². The zero-order chi connectivity index (χ0) is 24.2. The van der Waals surface area contributed by atoms with Crippen LogP contribution >= 0.6 is 0 Å². The van der Waals surface area contributed by atoms with Gasteiger partial charge in [-0.05, 0) is 81.0 Å². The van der Waals surface area contributed by atoms with Crippen LogP contribution in [0, 0.1) is 29.6 Å². The van der Waals surface area contributed by atoms with Gasteiger partial charge in [0, 0.05) is 33.1 Å². The van der Waals surface area contributed by atoms with Gasteiger partial charge in [-0.25, -0.2) is 4.79 Å². The molecule has 0 bridgehead atoms. The number of ether oxygens (including phenoxy) is 2. The van der Waals surface area contributed by atoms with Crippen molar-refractivity contribution in [3.05, 3.63) is 0 Å². The monoisotopic (exact) mass is 488 g/mol. The molecule has 4 saturated carbocycles. The summed E-state index contributed by atoms with van der Waals surface area (Å²) < 4.78 is 12.2. The molecule has 6 aliphatic rings. The Morgan fingerprint density at radius 2 is 1.97 bits per heavy atom. The Morgan fingerprint density at radius 1 is 1.14 bits per heavy atom. The number of carbonyl (C=O) groups is 3. The van der Waals surface area contributed by atoms with Crippen molar-refractivity contribution in [2.24, 2.45) is 29.6 Å². The summed E-state index contributed by atoms with van der Waals surface area (Å²) in [5, 5.41) is 9.09. The smallest absolute Gasteiger partial charge is 0.315 e. The zero-order valence-electron chi connectivity index (χ0n) is 20.8. The second-order valence-electron chi connectivity index (χ2n) is 11.8. The number of nitrogens with zero attached hydrogens (tertiary/aromatic N) is 1. The molecule has 9 heteroatoms. The maximum Gasteiger partial charge on any atom is 0.315 e. The van der Waals surface area contributed by atoms with Crippen molar-refractivity contribution >= 4 is 17.9 Å². The molecular weight excluding hydrogens is 448 g/mol. The summed E-state index contributed by atoms with van der Waals surface area (Å²) in [6.45, 7) is 4.40. The van der Waals surface area contributed by atoms with E-state index in [0.717, 1.165) is 19.4 Å². The van der Waals surface area contributed by atoms with E-state index >= 15 is 0 Å². The third-order valence-electron chi connectivity index (χ3n) is 10.1. The molecule has 0 radical (unpaired) electrons. The Hall–Kier alpha value is -1.87. The Bertz CT molecular complexity index is 869. The van der Waals surface area contributed by atoms with Crippen molar-refractivity contribution in [1.29, 1.82) is 0 Å². The minimum absolute atomic E-state index is 0.0309. The summed E-state index contributed by atoms with van der Waals surface area (Å²) in [6, 6.07) is -0.373. The molecule has 1 spiro atoms. The summed E-state index contributed by atoms with van der Waals surface area (Å²) >= 11 is 0. The van der Waals surface area contributed by atoms with Crippen LogP contribution in [0.4, 0.5) is 4.79 Å². The lowest BCUT2D eigenvalue weighted by molar-refractivity contribution is -0.155. The minimum Gasteiger partial charge on any atom is -0.460 e. The first-order chi connectivity index (χ1) is 17.0. The van der Waals surface area contributed by atoms with Crippen LogP contribution in [0.1, 0.15) is 58.3 Å². The number of carbonyl (C=O) groups excluding carboxylic acids is 3. The van der Waals surface area contributed by atoms with E-state index in [-0.39, 0.29) is 35.7 Å². The summed E-state index contributed by atoms with van der Waals surface area (Å²) in [5.74, 6) is 2.44. The van der Waals surface area contributed by atoms with E-state index in [9.17, 15) is 14.4 Å². The SMILES string of the molecule is CC(=O)OC1CCC2CCC3C(CCC4CCC5OC453)C2C1NC(=O)NCCN1CCNC(=O)C1. The fraction of sp³-hybridized carbons (Fsp3) is 0.885. The van der Waals surface area contributed by atoms with Gasteiger partial charge < -0.3 is 25.4 Å². The Balaban J connectivity index is 1.14. The molecule has 3 amide bonds. The number of piperazine rings is 1. The molecule has 3 N–H and O–H groups in total. The van der Waals surface area contributed by atoms with Gasteiger partial charge in [0.25, 0.3) is 0 Å². The number of esters is 1. The Morgan fingerprint density at radius 3 is 2.77 bits per heavy atom. The number of rotatable bonds is 5. The van der Waals surface area contributed by atoms with E-state index in [1.165, 1.54) is 45.4 Å². The number of fused-ring (bicyclic) bond motifs is 3. The predicted molar refractivity (Wildman–Crippen MR) is 127 cm³/mol. The number of amides is 3. The molecule has 6 fully saturated rings. The van der Waals surface area contributed by atoms with Crippen LogP contribution in [0.25, 0.3) is 0 Å². The highest BCUT2D eigenvalue weighted by Gasteiger charge is 2.72. The molecule has 35 heavy (non-hydrogen) atoms. The molecule has 9 unspecified atom stereocenters. The van der Waals surface area contributed by atoms with Crippen LogP contribution in [0.3, 0.4) is 0 Å². The van der Waals surface area contributed by atoms with E-state index in [1.807, 2.05) is 0 Å². The maximum atomic E-state index is 13.1. The van der Waals surface area contributed by atoms with Crippen LogP contribution in [-0.2, 0) is 19.1 Å². The number of nitrogens with one attached hydrogen (secondary N) is 3. The number of hydrogen-bond donors (Lipinski definition) is 3. The lowest BCUT2D eigenvalue weighted by Gasteiger charge is -2.55. The topological polar surface area (TPSA) is 112 Å². The highest BCUT2D eigenvalue weighted by atomic mass is 16.6. The van der Waals surface area contributed by atoms with E-state index in [2.05, 4.69) is 20.9 Å². The van der Waals surface area contributed by atoms with Crippen molar-refractivity contribution in [2.45, 2.75) is 82.1 Å². The second-order valence-corrected chi connectivity index (χ2v) is 11.8. The zero-order valence-corrected chi connectivity index (χ0v) is 20.8. The molecule has 194 valence electrons. The number of epoxide rings is 1. The second kappa shape index (κ2) is 9.21. The van der Waals surface area contributed by atoms with Gasteiger partial charge in [-0.15, -0.1) is 0 Å². The van der Waals surface area contributed by atoms with Crippen LogP contribution in [0.15, 0.2) is 0 Å². The van der Waals surface area contributed by atoms with E-state index in [4.69, 9.17) is 9.47 Å². The third-order valence-corrected chi connectivity index (χ3v) is 10.1. The first-order valence-electron chi connectivity index (χ1n) is 13.8. The lowest BCUT2D eigenvalue weighted by Crippen LogP contribution is -2.62. The highest BCUT2D eigenvalue weighted by Crippen LogP contribution is 2.68. The van der Waals surface area contributed by atoms with Crippen molar-refractivity contribution in [2.75, 3.05) is 32.7 Å². The van der Waals surface area contributed by atoms with Crippen molar-refractivity contribution in [3.8, 4) is 0 Å². The molecule has 2 aliphatic heterocycles. The van der Waals surface area contributed by atoms with Gasteiger partial charge in [-0.2, -0.15) is 0 Å². The Kier molecular flexibility index (Phi) is 6.19. The molecule has 6 rings (SSSR count). The van der Waals surface area contributed by atoms with Crippen LogP contribution < -0.4 is 16.0 Å². The quantitative estimate of drug-likeness (QED) is 0.399. The number of urea groups is 1. The van der Waals surface area contributed by atoms with Gasteiger partial charge in [0.1, 0.15) is 11.7 Å². The normalized spacial score (nSPS) is 44.1. The van der Waals surface area contributed by atoms with Crippen LogP contribution in [-0.4, -0.2) is 79.4 Å². The molecule has 9 nitrogen and oxygen atoms in total. The van der Waals surface area contributed by atoms with Crippen LogP contribution in [0.2, 0.25) is 0 Å². The lowest BCUT2D eigenvalue weighted by atomic mass is 9.52. The molecule has 9 atom stereocenters. The largest absolute Gasteiger partial charge is 0.460 e.